The van der Waals surface area contributed by atoms with Crippen LogP contribution in [0.15, 0.2) is 18.2 Å². The van der Waals surface area contributed by atoms with Crippen molar-refractivity contribution in [1.82, 2.24) is 0 Å². The molecule has 15 heavy (non-hydrogen) atoms. The molecule has 1 aliphatic rings. The minimum absolute atomic E-state index is 0.0679. The van der Waals surface area contributed by atoms with Gasteiger partial charge in [-0.3, -0.25) is 0 Å². The molecule has 2 rings (SSSR count). The van der Waals surface area contributed by atoms with Crippen LogP contribution in [0.5, 0.6) is 0 Å². The standard InChI is InChI=1S/C12H15NO2/c1-15-12(14)9-6-5-8-3-2-4-11(13)10(8)7-9/h5-7,11H,2-4,13H2,1H3/t11-/m0/s1. The maximum Gasteiger partial charge on any atom is 0.337 e. The van der Waals surface area contributed by atoms with Crippen molar-refractivity contribution >= 4 is 5.97 Å². The molecule has 0 saturated heterocycles. The van der Waals surface area contributed by atoms with Crippen LogP contribution in [0.1, 0.15) is 40.4 Å². The summed E-state index contributed by atoms with van der Waals surface area (Å²) in [6.07, 6.45) is 3.19. The van der Waals surface area contributed by atoms with E-state index < -0.39 is 0 Å². The van der Waals surface area contributed by atoms with E-state index in [9.17, 15) is 4.79 Å². The van der Waals surface area contributed by atoms with Crippen LogP contribution in [0.3, 0.4) is 0 Å². The Morgan fingerprint density at radius 3 is 3.07 bits per heavy atom. The zero-order valence-corrected chi connectivity index (χ0v) is 8.82. The van der Waals surface area contributed by atoms with Gasteiger partial charge >= 0.3 is 5.97 Å². The Hall–Kier alpha value is -1.35. The summed E-state index contributed by atoms with van der Waals surface area (Å²) >= 11 is 0. The first-order valence-corrected chi connectivity index (χ1v) is 5.19. The Balaban J connectivity index is 2.39. The molecular weight excluding hydrogens is 190 g/mol. The summed E-state index contributed by atoms with van der Waals surface area (Å²) in [7, 11) is 1.39. The summed E-state index contributed by atoms with van der Waals surface area (Å²) in [6.45, 7) is 0. The van der Waals surface area contributed by atoms with Crippen molar-refractivity contribution in [1.29, 1.82) is 0 Å². The van der Waals surface area contributed by atoms with Crippen LogP contribution in [0.25, 0.3) is 0 Å². The lowest BCUT2D eigenvalue weighted by Gasteiger charge is -2.22. The fourth-order valence-corrected chi connectivity index (χ4v) is 2.08. The molecule has 1 aromatic carbocycles. The number of carbonyl (C=O) groups excluding carboxylic acids is 1. The molecule has 1 aromatic rings. The Morgan fingerprint density at radius 1 is 1.53 bits per heavy atom. The number of esters is 1. The van der Waals surface area contributed by atoms with Gasteiger partial charge in [-0.25, -0.2) is 4.79 Å². The highest BCUT2D eigenvalue weighted by Gasteiger charge is 2.18. The number of hydrogen-bond acceptors (Lipinski definition) is 3. The normalized spacial score (nSPS) is 19.5. The van der Waals surface area contributed by atoms with Gasteiger partial charge in [0, 0.05) is 6.04 Å². The first kappa shape index (κ1) is 10.2. The lowest BCUT2D eigenvalue weighted by molar-refractivity contribution is 0.0600. The molecular formula is C12H15NO2. The predicted molar refractivity (Wildman–Crippen MR) is 57.6 cm³/mol. The first-order chi connectivity index (χ1) is 7.22. The van der Waals surface area contributed by atoms with Gasteiger partial charge in [-0.15, -0.1) is 0 Å². The number of aryl methyl sites for hydroxylation is 1. The van der Waals surface area contributed by atoms with E-state index in [0.717, 1.165) is 24.8 Å². The molecule has 3 heteroatoms. The molecule has 0 radical (unpaired) electrons. The SMILES string of the molecule is COC(=O)c1ccc2c(c1)[C@@H](N)CCC2. The largest absolute Gasteiger partial charge is 0.465 e. The number of carbonyl (C=O) groups is 1. The summed E-state index contributed by atoms with van der Waals surface area (Å²) < 4.78 is 4.68. The van der Waals surface area contributed by atoms with Crippen LogP contribution in [0, 0.1) is 0 Å². The minimum atomic E-state index is -0.296. The summed E-state index contributed by atoms with van der Waals surface area (Å²) in [6, 6.07) is 5.73. The Bertz CT molecular complexity index is 387. The highest BCUT2D eigenvalue weighted by atomic mass is 16.5. The van der Waals surface area contributed by atoms with Crippen LogP contribution in [0.2, 0.25) is 0 Å². The maximum absolute atomic E-state index is 11.3. The van der Waals surface area contributed by atoms with Crippen molar-refractivity contribution in [2.24, 2.45) is 5.73 Å². The second-order valence-electron chi connectivity index (χ2n) is 3.90. The highest BCUT2D eigenvalue weighted by molar-refractivity contribution is 5.89. The highest BCUT2D eigenvalue weighted by Crippen LogP contribution is 2.28. The molecule has 3 nitrogen and oxygen atoms in total. The summed E-state index contributed by atoms with van der Waals surface area (Å²) in [4.78, 5) is 11.3. The van der Waals surface area contributed by atoms with Crippen LogP contribution in [0.4, 0.5) is 0 Å². The van der Waals surface area contributed by atoms with Gasteiger partial charge in [0.25, 0.3) is 0 Å². The van der Waals surface area contributed by atoms with E-state index in [0.29, 0.717) is 5.56 Å². The zero-order valence-electron chi connectivity index (χ0n) is 8.82. The average molecular weight is 205 g/mol. The van der Waals surface area contributed by atoms with E-state index in [1.165, 1.54) is 12.7 Å². The van der Waals surface area contributed by atoms with Crippen molar-refractivity contribution in [3.63, 3.8) is 0 Å². The minimum Gasteiger partial charge on any atom is -0.465 e. The zero-order chi connectivity index (χ0) is 10.8. The molecule has 1 aliphatic carbocycles. The quantitative estimate of drug-likeness (QED) is 0.711. The summed E-state index contributed by atoms with van der Waals surface area (Å²) in [5.41, 5.74) is 8.96. The second kappa shape index (κ2) is 4.03. The van der Waals surface area contributed by atoms with Crippen molar-refractivity contribution in [3.05, 3.63) is 34.9 Å². The fraction of sp³-hybridized carbons (Fsp3) is 0.417. The second-order valence-corrected chi connectivity index (χ2v) is 3.90. The van der Waals surface area contributed by atoms with Gasteiger partial charge in [-0.2, -0.15) is 0 Å². The Labute approximate surface area is 89.2 Å². The average Bonchev–Trinajstić information content (AvgIpc) is 2.28. The van der Waals surface area contributed by atoms with E-state index in [4.69, 9.17) is 5.73 Å². The van der Waals surface area contributed by atoms with Crippen LogP contribution in [-0.2, 0) is 11.2 Å². The van der Waals surface area contributed by atoms with E-state index in [1.54, 1.807) is 0 Å². The Kier molecular flexibility index (Phi) is 2.73. The van der Waals surface area contributed by atoms with E-state index in [1.807, 2.05) is 18.2 Å². The number of rotatable bonds is 1. The van der Waals surface area contributed by atoms with Gasteiger partial charge in [-0.1, -0.05) is 6.07 Å². The smallest absolute Gasteiger partial charge is 0.337 e. The van der Waals surface area contributed by atoms with Crippen molar-refractivity contribution in [3.8, 4) is 0 Å². The van der Waals surface area contributed by atoms with E-state index >= 15 is 0 Å². The van der Waals surface area contributed by atoms with Gasteiger partial charge in [0.15, 0.2) is 0 Å². The third-order valence-corrected chi connectivity index (χ3v) is 2.93. The molecule has 0 amide bonds. The van der Waals surface area contributed by atoms with Crippen LogP contribution >= 0.6 is 0 Å². The molecule has 0 heterocycles. The third-order valence-electron chi connectivity index (χ3n) is 2.93. The number of benzene rings is 1. The van der Waals surface area contributed by atoms with E-state index in [-0.39, 0.29) is 12.0 Å². The molecule has 0 saturated carbocycles. The molecule has 2 N–H and O–H groups in total. The van der Waals surface area contributed by atoms with Gasteiger partial charge in [-0.05, 0) is 42.5 Å². The molecule has 0 aromatic heterocycles. The Morgan fingerprint density at radius 2 is 2.33 bits per heavy atom. The van der Waals surface area contributed by atoms with Gasteiger partial charge < -0.3 is 10.5 Å². The number of ether oxygens (including phenoxy) is 1. The number of hydrogen-bond donors (Lipinski definition) is 1. The monoisotopic (exact) mass is 205 g/mol. The third kappa shape index (κ3) is 1.88. The van der Waals surface area contributed by atoms with Crippen molar-refractivity contribution in [2.45, 2.75) is 25.3 Å². The molecule has 0 unspecified atom stereocenters. The van der Waals surface area contributed by atoms with Crippen molar-refractivity contribution in [2.75, 3.05) is 7.11 Å². The summed E-state index contributed by atoms with van der Waals surface area (Å²) in [5, 5.41) is 0. The molecule has 0 aliphatic heterocycles. The molecule has 80 valence electrons. The molecule has 0 fully saturated rings. The van der Waals surface area contributed by atoms with Crippen LogP contribution in [-0.4, -0.2) is 13.1 Å². The van der Waals surface area contributed by atoms with Crippen LogP contribution < -0.4 is 5.73 Å². The molecule has 1 atom stereocenters. The molecule has 0 spiro atoms. The molecule has 0 bridgehead atoms. The summed E-state index contributed by atoms with van der Waals surface area (Å²) in [5.74, 6) is -0.296. The number of nitrogens with two attached hydrogens (primary N) is 1. The van der Waals surface area contributed by atoms with Gasteiger partial charge in [0.1, 0.15) is 0 Å². The predicted octanol–water partition coefficient (Wildman–Crippen LogP) is 1.81. The first-order valence-electron chi connectivity index (χ1n) is 5.19. The number of methoxy groups -OCH3 is 1. The fourth-order valence-electron chi connectivity index (χ4n) is 2.08. The maximum atomic E-state index is 11.3. The topological polar surface area (TPSA) is 52.3 Å². The van der Waals surface area contributed by atoms with Gasteiger partial charge in [0.2, 0.25) is 0 Å². The number of fused-ring (bicyclic) bond motifs is 1. The lowest BCUT2D eigenvalue weighted by atomic mass is 9.87. The van der Waals surface area contributed by atoms with Crippen molar-refractivity contribution < 1.29 is 9.53 Å². The van der Waals surface area contributed by atoms with E-state index in [2.05, 4.69) is 4.74 Å². The lowest BCUT2D eigenvalue weighted by Crippen LogP contribution is -2.18. The van der Waals surface area contributed by atoms with Gasteiger partial charge in [0.05, 0.1) is 12.7 Å².